The lowest BCUT2D eigenvalue weighted by Gasteiger charge is -2.10. The fourth-order valence-corrected chi connectivity index (χ4v) is 1.74. The Balaban J connectivity index is 2.45. The first-order chi connectivity index (χ1) is 6.08. The van der Waals surface area contributed by atoms with Crippen LogP contribution >= 0.6 is 0 Å². The Kier molecular flexibility index (Phi) is 3.85. The van der Waals surface area contributed by atoms with Gasteiger partial charge in [0.25, 0.3) is 0 Å². The molecule has 1 fully saturated rings. The van der Waals surface area contributed by atoms with Gasteiger partial charge in [-0.15, -0.1) is 0 Å². The highest BCUT2D eigenvalue weighted by Crippen LogP contribution is 2.22. The fourth-order valence-electron chi connectivity index (χ4n) is 1.74. The summed E-state index contributed by atoms with van der Waals surface area (Å²) in [4.78, 5) is 0. The maximum absolute atomic E-state index is 3.45. The van der Waals surface area contributed by atoms with Gasteiger partial charge in [0.2, 0.25) is 0 Å². The molecule has 0 atom stereocenters. The van der Waals surface area contributed by atoms with E-state index in [0.29, 0.717) is 5.92 Å². The van der Waals surface area contributed by atoms with Crippen molar-refractivity contribution in [3.05, 3.63) is 0 Å². The van der Waals surface area contributed by atoms with Gasteiger partial charge in [0.1, 0.15) is 0 Å². The molecule has 0 amide bonds. The van der Waals surface area contributed by atoms with Crippen LogP contribution in [-0.4, -0.2) is 0 Å². The summed E-state index contributed by atoms with van der Waals surface area (Å²) >= 11 is 0. The smallest absolute Gasteiger partial charge is 0.0230 e. The summed E-state index contributed by atoms with van der Waals surface area (Å²) in [6, 6.07) is 0. The van der Waals surface area contributed by atoms with Crippen LogP contribution in [0.15, 0.2) is 0 Å². The van der Waals surface area contributed by atoms with Gasteiger partial charge in [-0.05, 0) is 33.6 Å². The zero-order valence-corrected chi connectivity index (χ0v) is 9.32. The quantitative estimate of drug-likeness (QED) is 0.388. The highest BCUT2D eigenvalue weighted by Gasteiger charge is 2.10. The van der Waals surface area contributed by atoms with Crippen LogP contribution in [0.25, 0.3) is 0 Å². The van der Waals surface area contributed by atoms with E-state index in [-0.39, 0.29) is 5.41 Å². The van der Waals surface area contributed by atoms with E-state index >= 15 is 0 Å². The molecule has 0 aliphatic heterocycles. The summed E-state index contributed by atoms with van der Waals surface area (Å²) in [5, 5.41) is 0. The normalized spacial score (nSPS) is 20.2. The monoisotopic (exact) mass is 178 g/mol. The van der Waals surface area contributed by atoms with E-state index in [4.69, 9.17) is 0 Å². The van der Waals surface area contributed by atoms with Gasteiger partial charge in [0.05, 0.1) is 0 Å². The first-order valence-electron chi connectivity index (χ1n) is 5.61. The summed E-state index contributed by atoms with van der Waals surface area (Å²) in [5.74, 6) is 7.52. The van der Waals surface area contributed by atoms with Crippen LogP contribution in [0.1, 0.15) is 59.3 Å². The SMILES string of the molecule is CC(C)(C)C#CC1CCCCCC1. The summed E-state index contributed by atoms with van der Waals surface area (Å²) in [7, 11) is 0. The number of rotatable bonds is 0. The van der Waals surface area contributed by atoms with Gasteiger partial charge in [0, 0.05) is 11.3 Å². The maximum Gasteiger partial charge on any atom is 0.0230 e. The van der Waals surface area contributed by atoms with E-state index in [1.807, 2.05) is 0 Å². The summed E-state index contributed by atoms with van der Waals surface area (Å²) < 4.78 is 0. The molecule has 0 spiro atoms. The lowest BCUT2D eigenvalue weighted by atomic mass is 9.94. The molecule has 0 N–H and O–H groups in total. The Labute approximate surface area is 83.1 Å². The molecule has 0 radical (unpaired) electrons. The molecule has 0 bridgehead atoms. The molecule has 0 aromatic rings. The second-order valence-corrected chi connectivity index (χ2v) is 5.21. The summed E-state index contributed by atoms with van der Waals surface area (Å²) in [6.45, 7) is 6.57. The van der Waals surface area contributed by atoms with Gasteiger partial charge < -0.3 is 0 Å². The Morgan fingerprint density at radius 1 is 0.923 bits per heavy atom. The van der Waals surface area contributed by atoms with Crippen molar-refractivity contribution in [1.29, 1.82) is 0 Å². The highest BCUT2D eigenvalue weighted by molar-refractivity contribution is 5.10. The highest BCUT2D eigenvalue weighted by atomic mass is 14.1. The predicted molar refractivity (Wildman–Crippen MR) is 58.4 cm³/mol. The largest absolute Gasteiger partial charge is 0.0994 e. The molecule has 0 nitrogen and oxygen atoms in total. The molecule has 13 heavy (non-hydrogen) atoms. The maximum atomic E-state index is 3.45. The van der Waals surface area contributed by atoms with Crippen molar-refractivity contribution < 1.29 is 0 Å². The lowest BCUT2D eigenvalue weighted by molar-refractivity contribution is 0.551. The van der Waals surface area contributed by atoms with Crippen molar-refractivity contribution >= 4 is 0 Å². The first kappa shape index (κ1) is 10.6. The lowest BCUT2D eigenvalue weighted by Crippen LogP contribution is -2.02. The van der Waals surface area contributed by atoms with Crippen LogP contribution in [-0.2, 0) is 0 Å². The van der Waals surface area contributed by atoms with Crippen LogP contribution in [0.2, 0.25) is 0 Å². The predicted octanol–water partition coefficient (Wildman–Crippen LogP) is 4.01. The summed E-state index contributed by atoms with van der Waals surface area (Å²) in [6.07, 6.45) is 8.31. The third-order valence-corrected chi connectivity index (χ3v) is 2.51. The Hall–Kier alpha value is -0.440. The minimum atomic E-state index is 0.187. The number of hydrogen-bond acceptors (Lipinski definition) is 0. The zero-order chi connectivity index (χ0) is 9.73. The zero-order valence-electron chi connectivity index (χ0n) is 9.32. The molecule has 0 heterocycles. The molecule has 0 unspecified atom stereocenters. The third-order valence-electron chi connectivity index (χ3n) is 2.51. The van der Waals surface area contributed by atoms with Crippen LogP contribution in [0.4, 0.5) is 0 Å². The average Bonchev–Trinajstić information content (AvgIpc) is 2.26. The second kappa shape index (κ2) is 4.70. The van der Waals surface area contributed by atoms with Crippen LogP contribution < -0.4 is 0 Å². The molecule has 0 heteroatoms. The van der Waals surface area contributed by atoms with E-state index in [9.17, 15) is 0 Å². The van der Waals surface area contributed by atoms with Crippen molar-refractivity contribution in [2.45, 2.75) is 59.3 Å². The minimum Gasteiger partial charge on any atom is -0.0994 e. The molecule has 74 valence electrons. The number of hydrogen-bond donors (Lipinski definition) is 0. The van der Waals surface area contributed by atoms with Gasteiger partial charge in [-0.2, -0.15) is 0 Å². The molecular weight excluding hydrogens is 156 g/mol. The minimum absolute atomic E-state index is 0.187. The van der Waals surface area contributed by atoms with Gasteiger partial charge in [0.15, 0.2) is 0 Å². The topological polar surface area (TPSA) is 0 Å². The van der Waals surface area contributed by atoms with E-state index in [1.165, 1.54) is 38.5 Å². The molecule has 0 saturated heterocycles. The van der Waals surface area contributed by atoms with Crippen molar-refractivity contribution in [2.75, 3.05) is 0 Å². The molecule has 1 aliphatic rings. The fraction of sp³-hybridized carbons (Fsp3) is 0.846. The van der Waals surface area contributed by atoms with Crippen molar-refractivity contribution in [2.24, 2.45) is 11.3 Å². The second-order valence-electron chi connectivity index (χ2n) is 5.21. The van der Waals surface area contributed by atoms with Crippen molar-refractivity contribution in [1.82, 2.24) is 0 Å². The molecular formula is C13H22. The Morgan fingerprint density at radius 2 is 1.46 bits per heavy atom. The molecule has 1 saturated carbocycles. The van der Waals surface area contributed by atoms with Crippen molar-refractivity contribution in [3.8, 4) is 11.8 Å². The van der Waals surface area contributed by atoms with E-state index in [1.54, 1.807) is 0 Å². The van der Waals surface area contributed by atoms with Gasteiger partial charge in [-0.25, -0.2) is 0 Å². The first-order valence-corrected chi connectivity index (χ1v) is 5.61. The molecule has 1 rings (SSSR count). The third kappa shape index (κ3) is 4.98. The van der Waals surface area contributed by atoms with Gasteiger partial charge in [-0.3, -0.25) is 0 Å². The molecule has 0 aromatic carbocycles. The summed E-state index contributed by atoms with van der Waals surface area (Å²) in [5.41, 5.74) is 0.187. The standard InChI is InChI=1S/C13H22/c1-13(2,3)11-10-12-8-6-4-5-7-9-12/h12H,4-9H2,1-3H3. The Morgan fingerprint density at radius 3 is 1.92 bits per heavy atom. The van der Waals surface area contributed by atoms with Crippen LogP contribution in [0, 0.1) is 23.2 Å². The van der Waals surface area contributed by atoms with Crippen molar-refractivity contribution in [3.63, 3.8) is 0 Å². The van der Waals surface area contributed by atoms with E-state index < -0.39 is 0 Å². The van der Waals surface area contributed by atoms with E-state index in [2.05, 4.69) is 32.6 Å². The van der Waals surface area contributed by atoms with Crippen LogP contribution in [0.3, 0.4) is 0 Å². The Bertz CT molecular complexity index is 188. The average molecular weight is 178 g/mol. The molecule has 0 aromatic heterocycles. The van der Waals surface area contributed by atoms with Gasteiger partial charge in [-0.1, -0.05) is 37.5 Å². The van der Waals surface area contributed by atoms with Gasteiger partial charge >= 0.3 is 0 Å². The molecule has 1 aliphatic carbocycles. The van der Waals surface area contributed by atoms with E-state index in [0.717, 1.165) is 0 Å². The van der Waals surface area contributed by atoms with Crippen LogP contribution in [0.5, 0.6) is 0 Å².